The molecule has 1 aromatic carbocycles. The van der Waals surface area contributed by atoms with Gasteiger partial charge < -0.3 is 4.74 Å². The molecule has 2 heteroatoms. The highest BCUT2D eigenvalue weighted by Crippen LogP contribution is 2.21. The standard InChI is InChI=1S/C13H17NO/c1-4-12(7-8-14)15-13-9-10(2)5-6-11(13)3/h5-6,9,12H,4,7H2,1-3H3. The number of hydrogen-bond acceptors (Lipinski definition) is 2. The van der Waals surface area contributed by atoms with Crippen LogP contribution in [0.3, 0.4) is 0 Å². The minimum absolute atomic E-state index is 0.00972. The molecule has 1 unspecified atom stereocenters. The number of ether oxygens (including phenoxy) is 1. The Morgan fingerprint density at radius 2 is 2.13 bits per heavy atom. The van der Waals surface area contributed by atoms with E-state index in [1.54, 1.807) is 0 Å². The fourth-order valence-electron chi connectivity index (χ4n) is 1.38. The van der Waals surface area contributed by atoms with Crippen LogP contribution in [0, 0.1) is 25.2 Å². The summed E-state index contributed by atoms with van der Waals surface area (Å²) in [6.45, 7) is 6.10. The first-order chi connectivity index (χ1) is 7.17. The van der Waals surface area contributed by atoms with Crippen LogP contribution in [0.5, 0.6) is 5.75 Å². The molecule has 1 aromatic rings. The van der Waals surface area contributed by atoms with Gasteiger partial charge in [-0.15, -0.1) is 0 Å². The predicted octanol–water partition coefficient (Wildman–Crippen LogP) is 3.37. The highest BCUT2D eigenvalue weighted by molar-refractivity contribution is 5.36. The number of benzene rings is 1. The fourth-order valence-corrected chi connectivity index (χ4v) is 1.38. The second kappa shape index (κ2) is 5.41. The van der Waals surface area contributed by atoms with E-state index in [1.807, 2.05) is 32.9 Å². The van der Waals surface area contributed by atoms with E-state index in [2.05, 4.69) is 12.1 Å². The molecule has 0 heterocycles. The van der Waals surface area contributed by atoms with E-state index in [-0.39, 0.29) is 6.10 Å². The van der Waals surface area contributed by atoms with Crippen molar-refractivity contribution in [3.63, 3.8) is 0 Å². The topological polar surface area (TPSA) is 33.0 Å². The fraction of sp³-hybridized carbons (Fsp3) is 0.462. The van der Waals surface area contributed by atoms with E-state index in [0.29, 0.717) is 6.42 Å². The lowest BCUT2D eigenvalue weighted by Crippen LogP contribution is -2.14. The predicted molar refractivity (Wildman–Crippen MR) is 60.9 cm³/mol. The number of rotatable bonds is 4. The quantitative estimate of drug-likeness (QED) is 0.751. The third-order valence-corrected chi connectivity index (χ3v) is 2.41. The number of aryl methyl sites for hydroxylation is 2. The largest absolute Gasteiger partial charge is 0.489 e. The highest BCUT2D eigenvalue weighted by atomic mass is 16.5. The van der Waals surface area contributed by atoms with Gasteiger partial charge in [0.2, 0.25) is 0 Å². The van der Waals surface area contributed by atoms with Crippen molar-refractivity contribution in [3.8, 4) is 11.8 Å². The molecular weight excluding hydrogens is 186 g/mol. The van der Waals surface area contributed by atoms with Crippen LogP contribution >= 0.6 is 0 Å². The lowest BCUT2D eigenvalue weighted by Gasteiger charge is -2.16. The van der Waals surface area contributed by atoms with Gasteiger partial charge in [0.25, 0.3) is 0 Å². The summed E-state index contributed by atoms with van der Waals surface area (Å²) in [5.74, 6) is 0.900. The van der Waals surface area contributed by atoms with Crippen LogP contribution < -0.4 is 4.74 Å². The number of nitriles is 1. The van der Waals surface area contributed by atoms with Gasteiger partial charge in [0.15, 0.2) is 0 Å². The third kappa shape index (κ3) is 3.28. The number of nitrogens with zero attached hydrogens (tertiary/aromatic N) is 1. The van der Waals surface area contributed by atoms with Crippen molar-refractivity contribution in [3.05, 3.63) is 29.3 Å². The molecule has 1 atom stereocenters. The lowest BCUT2D eigenvalue weighted by atomic mass is 10.1. The molecule has 0 amide bonds. The molecule has 0 aliphatic heterocycles. The SMILES string of the molecule is CCC(CC#N)Oc1cc(C)ccc1C. The molecule has 0 N–H and O–H groups in total. The Kier molecular flexibility index (Phi) is 4.17. The van der Waals surface area contributed by atoms with Crippen molar-refractivity contribution in [1.82, 2.24) is 0 Å². The molecule has 0 aromatic heterocycles. The van der Waals surface area contributed by atoms with E-state index in [9.17, 15) is 0 Å². The van der Waals surface area contributed by atoms with Gasteiger partial charge in [-0.2, -0.15) is 5.26 Å². The van der Waals surface area contributed by atoms with Crippen LogP contribution in [0.15, 0.2) is 18.2 Å². The van der Waals surface area contributed by atoms with E-state index in [0.717, 1.165) is 17.7 Å². The lowest BCUT2D eigenvalue weighted by molar-refractivity contribution is 0.201. The first-order valence-corrected chi connectivity index (χ1v) is 5.28. The van der Waals surface area contributed by atoms with E-state index >= 15 is 0 Å². The van der Waals surface area contributed by atoms with Crippen LogP contribution in [-0.2, 0) is 0 Å². The van der Waals surface area contributed by atoms with Gasteiger partial charge in [0.05, 0.1) is 12.5 Å². The summed E-state index contributed by atoms with van der Waals surface area (Å²) >= 11 is 0. The van der Waals surface area contributed by atoms with Gasteiger partial charge >= 0.3 is 0 Å². The molecule has 0 aliphatic rings. The molecule has 2 nitrogen and oxygen atoms in total. The molecule has 0 bridgehead atoms. The summed E-state index contributed by atoms with van der Waals surface area (Å²) in [7, 11) is 0. The normalized spacial score (nSPS) is 11.9. The van der Waals surface area contributed by atoms with E-state index < -0.39 is 0 Å². The van der Waals surface area contributed by atoms with Gasteiger partial charge in [0, 0.05) is 0 Å². The van der Waals surface area contributed by atoms with Crippen molar-refractivity contribution in [2.24, 2.45) is 0 Å². The summed E-state index contributed by atoms with van der Waals surface area (Å²) in [5, 5.41) is 8.64. The Labute approximate surface area is 91.5 Å². The van der Waals surface area contributed by atoms with Crippen LogP contribution in [0.4, 0.5) is 0 Å². The zero-order chi connectivity index (χ0) is 11.3. The zero-order valence-electron chi connectivity index (χ0n) is 9.58. The third-order valence-electron chi connectivity index (χ3n) is 2.41. The maximum atomic E-state index is 8.64. The van der Waals surface area contributed by atoms with Gasteiger partial charge in [-0.25, -0.2) is 0 Å². The molecule has 0 radical (unpaired) electrons. The summed E-state index contributed by atoms with van der Waals surface area (Å²) in [4.78, 5) is 0. The van der Waals surface area contributed by atoms with Crippen molar-refractivity contribution < 1.29 is 4.74 Å². The van der Waals surface area contributed by atoms with Crippen LogP contribution in [0.2, 0.25) is 0 Å². The molecule has 0 fully saturated rings. The van der Waals surface area contributed by atoms with Crippen molar-refractivity contribution >= 4 is 0 Å². The minimum Gasteiger partial charge on any atom is -0.489 e. The van der Waals surface area contributed by atoms with Crippen LogP contribution in [0.1, 0.15) is 30.9 Å². The van der Waals surface area contributed by atoms with Crippen molar-refractivity contribution in [2.75, 3.05) is 0 Å². The van der Waals surface area contributed by atoms with Gasteiger partial charge in [-0.1, -0.05) is 19.1 Å². The summed E-state index contributed by atoms with van der Waals surface area (Å²) in [5.41, 5.74) is 2.31. The van der Waals surface area contributed by atoms with Crippen LogP contribution in [-0.4, -0.2) is 6.10 Å². The summed E-state index contributed by atoms with van der Waals surface area (Å²) in [6.07, 6.45) is 1.32. The minimum atomic E-state index is 0.00972. The molecule has 0 spiro atoms. The van der Waals surface area contributed by atoms with Gasteiger partial charge in [-0.05, 0) is 37.5 Å². The average Bonchev–Trinajstić information content (AvgIpc) is 2.22. The van der Waals surface area contributed by atoms with E-state index in [4.69, 9.17) is 10.00 Å². The maximum absolute atomic E-state index is 8.64. The molecule has 0 saturated carbocycles. The van der Waals surface area contributed by atoms with Crippen LogP contribution in [0.25, 0.3) is 0 Å². The Bertz CT molecular complexity index is 365. The number of hydrogen-bond donors (Lipinski definition) is 0. The van der Waals surface area contributed by atoms with Crippen molar-refractivity contribution in [1.29, 1.82) is 5.26 Å². The smallest absolute Gasteiger partial charge is 0.122 e. The summed E-state index contributed by atoms with van der Waals surface area (Å²) < 4.78 is 5.79. The maximum Gasteiger partial charge on any atom is 0.122 e. The molecule has 80 valence electrons. The molecule has 0 aliphatic carbocycles. The highest BCUT2D eigenvalue weighted by Gasteiger charge is 2.09. The monoisotopic (exact) mass is 203 g/mol. The zero-order valence-corrected chi connectivity index (χ0v) is 9.58. The first kappa shape index (κ1) is 11.6. The molecule has 15 heavy (non-hydrogen) atoms. The first-order valence-electron chi connectivity index (χ1n) is 5.28. The summed E-state index contributed by atoms with van der Waals surface area (Å²) in [6, 6.07) is 8.28. The van der Waals surface area contributed by atoms with Crippen molar-refractivity contribution in [2.45, 2.75) is 39.7 Å². The second-order valence-corrected chi connectivity index (χ2v) is 3.78. The Hall–Kier alpha value is -1.49. The van der Waals surface area contributed by atoms with E-state index in [1.165, 1.54) is 5.56 Å². The Morgan fingerprint density at radius 3 is 2.73 bits per heavy atom. The molecule has 1 rings (SSSR count). The Balaban J connectivity index is 2.78. The second-order valence-electron chi connectivity index (χ2n) is 3.78. The molecular formula is C13H17NO. The average molecular weight is 203 g/mol. The molecule has 0 saturated heterocycles. The van der Waals surface area contributed by atoms with Gasteiger partial charge in [-0.3, -0.25) is 0 Å². The van der Waals surface area contributed by atoms with Gasteiger partial charge in [0.1, 0.15) is 11.9 Å². The Morgan fingerprint density at radius 1 is 1.40 bits per heavy atom.